The maximum absolute atomic E-state index is 5.74. The maximum atomic E-state index is 5.74. The highest BCUT2D eigenvalue weighted by Crippen LogP contribution is 2.27. The van der Waals surface area contributed by atoms with E-state index in [1.807, 2.05) is 30.3 Å². The van der Waals surface area contributed by atoms with Crippen LogP contribution in [0.4, 0.5) is 5.69 Å². The van der Waals surface area contributed by atoms with Gasteiger partial charge < -0.3 is 15.2 Å². The molecule has 2 aromatic carbocycles. The fourth-order valence-electron chi connectivity index (χ4n) is 1.56. The predicted molar refractivity (Wildman–Crippen MR) is 75.9 cm³/mol. The molecule has 0 atom stereocenters. The highest BCUT2D eigenvalue weighted by Gasteiger charge is 2.03. The lowest BCUT2D eigenvalue weighted by Crippen LogP contribution is -1.98. The molecule has 2 N–H and O–H groups in total. The van der Waals surface area contributed by atoms with Gasteiger partial charge in [-0.3, -0.25) is 0 Å². The third-order valence-electron chi connectivity index (χ3n) is 2.56. The van der Waals surface area contributed by atoms with Gasteiger partial charge >= 0.3 is 0 Å². The normalized spacial score (nSPS) is 10.1. The molecule has 0 heterocycles. The Morgan fingerprint density at radius 1 is 1.17 bits per heavy atom. The van der Waals surface area contributed by atoms with Gasteiger partial charge in [0, 0.05) is 16.1 Å². The zero-order valence-corrected chi connectivity index (χ0v) is 11.6. The summed E-state index contributed by atoms with van der Waals surface area (Å²) in [7, 11) is 1.59. The number of ether oxygens (including phenoxy) is 2. The Kier molecular flexibility index (Phi) is 4.10. The fourth-order valence-corrected chi connectivity index (χ4v) is 1.96. The van der Waals surface area contributed by atoms with Gasteiger partial charge in [-0.1, -0.05) is 34.1 Å². The van der Waals surface area contributed by atoms with Crippen molar-refractivity contribution in [2.45, 2.75) is 6.61 Å². The molecule has 0 aliphatic heterocycles. The quantitative estimate of drug-likeness (QED) is 0.877. The fraction of sp³-hybridized carbons (Fsp3) is 0.143. The van der Waals surface area contributed by atoms with E-state index in [0.717, 1.165) is 15.8 Å². The lowest BCUT2D eigenvalue weighted by Gasteiger charge is -2.10. The number of nitrogen functional groups attached to an aromatic ring is 1. The van der Waals surface area contributed by atoms with Crippen molar-refractivity contribution in [2.24, 2.45) is 0 Å². The van der Waals surface area contributed by atoms with Crippen molar-refractivity contribution in [1.29, 1.82) is 0 Å². The minimum atomic E-state index is 0.495. The zero-order valence-electron chi connectivity index (χ0n) is 10.0. The second kappa shape index (κ2) is 5.78. The average Bonchev–Trinajstić information content (AvgIpc) is 2.39. The van der Waals surface area contributed by atoms with Crippen molar-refractivity contribution in [3.8, 4) is 11.5 Å². The summed E-state index contributed by atoms with van der Waals surface area (Å²) < 4.78 is 11.9. The molecule has 0 aliphatic rings. The van der Waals surface area contributed by atoms with Crippen molar-refractivity contribution >= 4 is 21.6 Å². The van der Waals surface area contributed by atoms with Gasteiger partial charge in [-0.2, -0.15) is 0 Å². The van der Waals surface area contributed by atoms with Crippen LogP contribution in [0.3, 0.4) is 0 Å². The minimum absolute atomic E-state index is 0.495. The summed E-state index contributed by atoms with van der Waals surface area (Å²) >= 11 is 3.48. The van der Waals surface area contributed by atoms with Crippen molar-refractivity contribution in [3.63, 3.8) is 0 Å². The first-order valence-electron chi connectivity index (χ1n) is 5.50. The van der Waals surface area contributed by atoms with E-state index in [1.54, 1.807) is 19.2 Å². The summed E-state index contributed by atoms with van der Waals surface area (Å²) in [6, 6.07) is 13.3. The van der Waals surface area contributed by atoms with E-state index in [9.17, 15) is 0 Å². The number of benzene rings is 2. The standard InChI is InChI=1S/C14H14BrNO2/c1-17-14-8-11(6-7-13(14)16)18-9-10-4-2-3-5-12(10)15/h2-8H,9,16H2,1H3. The van der Waals surface area contributed by atoms with Gasteiger partial charge in [0.1, 0.15) is 18.1 Å². The third-order valence-corrected chi connectivity index (χ3v) is 3.33. The van der Waals surface area contributed by atoms with Crippen LogP contribution in [-0.2, 0) is 6.61 Å². The zero-order chi connectivity index (χ0) is 13.0. The van der Waals surface area contributed by atoms with Gasteiger partial charge in [-0.05, 0) is 18.2 Å². The second-order valence-electron chi connectivity index (χ2n) is 3.78. The van der Waals surface area contributed by atoms with Crippen molar-refractivity contribution in [1.82, 2.24) is 0 Å². The number of hydrogen-bond donors (Lipinski definition) is 1. The lowest BCUT2D eigenvalue weighted by molar-refractivity contribution is 0.303. The molecule has 2 aromatic rings. The van der Waals surface area contributed by atoms with Gasteiger partial charge in [0.05, 0.1) is 12.8 Å². The lowest BCUT2D eigenvalue weighted by atomic mass is 10.2. The molecule has 18 heavy (non-hydrogen) atoms. The van der Waals surface area contributed by atoms with Gasteiger partial charge in [0.2, 0.25) is 0 Å². The summed E-state index contributed by atoms with van der Waals surface area (Å²) in [5.41, 5.74) is 7.44. The molecule has 2 rings (SSSR count). The monoisotopic (exact) mass is 307 g/mol. The Balaban J connectivity index is 2.09. The Bertz CT molecular complexity index is 543. The van der Waals surface area contributed by atoms with Crippen LogP contribution >= 0.6 is 15.9 Å². The van der Waals surface area contributed by atoms with Gasteiger partial charge in [-0.15, -0.1) is 0 Å². The molecule has 0 saturated carbocycles. The molecule has 0 saturated heterocycles. The van der Waals surface area contributed by atoms with Crippen LogP contribution < -0.4 is 15.2 Å². The van der Waals surface area contributed by atoms with Crippen molar-refractivity contribution in [3.05, 3.63) is 52.5 Å². The molecule has 3 nitrogen and oxygen atoms in total. The summed E-state index contributed by atoms with van der Waals surface area (Å²) in [5, 5.41) is 0. The van der Waals surface area contributed by atoms with E-state index < -0.39 is 0 Å². The van der Waals surface area contributed by atoms with Gasteiger partial charge in [-0.25, -0.2) is 0 Å². The minimum Gasteiger partial charge on any atom is -0.494 e. The highest BCUT2D eigenvalue weighted by molar-refractivity contribution is 9.10. The molecule has 4 heteroatoms. The van der Waals surface area contributed by atoms with Crippen molar-refractivity contribution in [2.75, 3.05) is 12.8 Å². The van der Waals surface area contributed by atoms with Crippen LogP contribution in [0.5, 0.6) is 11.5 Å². The molecule has 0 radical (unpaired) electrons. The molecule has 0 spiro atoms. The number of anilines is 1. The Hall–Kier alpha value is -1.68. The average molecular weight is 308 g/mol. The first-order chi connectivity index (χ1) is 8.70. The number of rotatable bonds is 4. The van der Waals surface area contributed by atoms with Gasteiger partial charge in [0.15, 0.2) is 0 Å². The Morgan fingerprint density at radius 2 is 1.94 bits per heavy atom. The van der Waals surface area contributed by atoms with Crippen LogP contribution in [0, 0.1) is 0 Å². The largest absolute Gasteiger partial charge is 0.494 e. The summed E-state index contributed by atoms with van der Waals surface area (Å²) in [6.45, 7) is 0.495. The molecular weight excluding hydrogens is 294 g/mol. The highest BCUT2D eigenvalue weighted by atomic mass is 79.9. The predicted octanol–water partition coefficient (Wildman–Crippen LogP) is 3.62. The smallest absolute Gasteiger partial charge is 0.145 e. The van der Waals surface area contributed by atoms with E-state index in [0.29, 0.717) is 18.0 Å². The SMILES string of the molecule is COc1cc(OCc2ccccc2Br)ccc1N. The topological polar surface area (TPSA) is 44.5 Å². The molecule has 0 bridgehead atoms. The molecule has 0 unspecified atom stereocenters. The second-order valence-corrected chi connectivity index (χ2v) is 4.64. The van der Waals surface area contributed by atoms with E-state index in [2.05, 4.69) is 15.9 Å². The molecule has 94 valence electrons. The first-order valence-corrected chi connectivity index (χ1v) is 6.29. The Labute approximate surface area is 115 Å². The number of halogens is 1. The molecule has 0 aromatic heterocycles. The summed E-state index contributed by atoms with van der Waals surface area (Å²) in [5.74, 6) is 1.36. The van der Waals surface area contributed by atoms with Gasteiger partial charge in [0.25, 0.3) is 0 Å². The van der Waals surface area contributed by atoms with E-state index in [-0.39, 0.29) is 0 Å². The molecular formula is C14H14BrNO2. The van der Waals surface area contributed by atoms with Crippen LogP contribution in [0.25, 0.3) is 0 Å². The van der Waals surface area contributed by atoms with E-state index >= 15 is 0 Å². The van der Waals surface area contributed by atoms with Crippen LogP contribution in [0.15, 0.2) is 46.9 Å². The summed E-state index contributed by atoms with van der Waals surface area (Å²) in [4.78, 5) is 0. The molecule has 0 aliphatic carbocycles. The van der Waals surface area contributed by atoms with Crippen LogP contribution in [0.2, 0.25) is 0 Å². The van der Waals surface area contributed by atoms with Crippen molar-refractivity contribution < 1.29 is 9.47 Å². The number of hydrogen-bond acceptors (Lipinski definition) is 3. The first kappa shape index (κ1) is 12.8. The number of methoxy groups -OCH3 is 1. The molecule has 0 amide bonds. The van der Waals surface area contributed by atoms with E-state index in [4.69, 9.17) is 15.2 Å². The maximum Gasteiger partial charge on any atom is 0.145 e. The third kappa shape index (κ3) is 2.96. The van der Waals surface area contributed by atoms with Crippen LogP contribution in [-0.4, -0.2) is 7.11 Å². The molecule has 0 fully saturated rings. The van der Waals surface area contributed by atoms with Crippen LogP contribution in [0.1, 0.15) is 5.56 Å². The Morgan fingerprint density at radius 3 is 2.67 bits per heavy atom. The van der Waals surface area contributed by atoms with E-state index in [1.165, 1.54) is 0 Å². The number of nitrogens with two attached hydrogens (primary N) is 1. The summed E-state index contributed by atoms with van der Waals surface area (Å²) in [6.07, 6.45) is 0.